The largest absolute Gasteiger partial charge is 0.396 e. The second-order valence-corrected chi connectivity index (χ2v) is 6.43. The molecule has 5 heteroatoms. The summed E-state index contributed by atoms with van der Waals surface area (Å²) in [5.41, 5.74) is 0.870. The smallest absolute Gasteiger partial charge is 0.315 e. The number of carbonyl (C=O) groups excluding carboxylic acids is 1. The van der Waals surface area contributed by atoms with Crippen LogP contribution in [0.4, 0.5) is 4.79 Å². The fourth-order valence-electron chi connectivity index (χ4n) is 3.11. The number of aliphatic hydroxyl groups is 1. The van der Waals surface area contributed by atoms with Gasteiger partial charge in [-0.2, -0.15) is 0 Å². The van der Waals surface area contributed by atoms with Gasteiger partial charge in [0.2, 0.25) is 0 Å². The number of amides is 2. The Labute approximate surface area is 132 Å². The van der Waals surface area contributed by atoms with Crippen LogP contribution in [0.3, 0.4) is 0 Å². The van der Waals surface area contributed by atoms with E-state index in [0.29, 0.717) is 0 Å². The predicted octanol–water partition coefficient (Wildman–Crippen LogP) is 2.63. The van der Waals surface area contributed by atoms with Crippen LogP contribution in [0.5, 0.6) is 0 Å². The van der Waals surface area contributed by atoms with Crippen LogP contribution in [0.15, 0.2) is 24.4 Å². The van der Waals surface area contributed by atoms with Gasteiger partial charge in [0.15, 0.2) is 0 Å². The molecule has 0 saturated heterocycles. The van der Waals surface area contributed by atoms with Crippen LogP contribution in [0.1, 0.15) is 51.3 Å². The van der Waals surface area contributed by atoms with Gasteiger partial charge in [-0.05, 0) is 30.9 Å². The average molecular weight is 305 g/mol. The Morgan fingerprint density at radius 2 is 2.14 bits per heavy atom. The lowest BCUT2D eigenvalue weighted by molar-refractivity contribution is 0.152. The van der Waals surface area contributed by atoms with Crippen molar-refractivity contribution in [1.82, 2.24) is 15.6 Å². The molecule has 0 aliphatic heterocycles. The second kappa shape index (κ2) is 8.13. The molecule has 1 saturated carbocycles. The third-order valence-electron chi connectivity index (χ3n) is 4.42. The zero-order valence-electron chi connectivity index (χ0n) is 13.5. The summed E-state index contributed by atoms with van der Waals surface area (Å²) < 4.78 is 0. The van der Waals surface area contributed by atoms with Gasteiger partial charge in [-0.3, -0.25) is 4.98 Å². The summed E-state index contributed by atoms with van der Waals surface area (Å²) in [6.45, 7) is 4.27. The maximum Gasteiger partial charge on any atom is 0.315 e. The molecule has 2 amide bonds. The molecule has 122 valence electrons. The lowest BCUT2D eigenvalue weighted by atomic mass is 9.85. The van der Waals surface area contributed by atoms with E-state index < -0.39 is 0 Å². The first-order valence-electron chi connectivity index (χ1n) is 8.20. The number of urea groups is 1. The first-order chi connectivity index (χ1) is 10.6. The Morgan fingerprint density at radius 1 is 1.36 bits per heavy atom. The lowest BCUT2D eigenvalue weighted by Crippen LogP contribution is -2.49. The number of aliphatic hydroxyl groups excluding tert-OH is 1. The monoisotopic (exact) mass is 305 g/mol. The van der Waals surface area contributed by atoms with Crippen molar-refractivity contribution in [3.8, 4) is 0 Å². The highest BCUT2D eigenvalue weighted by atomic mass is 16.3. The zero-order valence-corrected chi connectivity index (χ0v) is 13.5. The molecule has 2 rings (SSSR count). The maximum atomic E-state index is 12.3. The summed E-state index contributed by atoms with van der Waals surface area (Å²) in [4.78, 5) is 16.7. The Kier molecular flexibility index (Phi) is 6.19. The molecule has 0 radical (unpaired) electrons. The van der Waals surface area contributed by atoms with Crippen LogP contribution in [0, 0.1) is 11.8 Å². The van der Waals surface area contributed by atoms with Crippen molar-refractivity contribution in [2.75, 3.05) is 6.61 Å². The summed E-state index contributed by atoms with van der Waals surface area (Å²) in [5, 5.41) is 15.5. The van der Waals surface area contributed by atoms with Gasteiger partial charge in [-0.15, -0.1) is 0 Å². The topological polar surface area (TPSA) is 74.2 Å². The molecule has 22 heavy (non-hydrogen) atoms. The number of rotatable bonds is 5. The van der Waals surface area contributed by atoms with Crippen LogP contribution in [-0.2, 0) is 0 Å². The molecule has 5 nitrogen and oxygen atoms in total. The summed E-state index contributed by atoms with van der Waals surface area (Å²) in [6.07, 6.45) is 5.90. The number of carbonyl (C=O) groups is 1. The van der Waals surface area contributed by atoms with E-state index in [1.807, 2.05) is 18.2 Å². The van der Waals surface area contributed by atoms with Gasteiger partial charge in [0, 0.05) is 24.8 Å². The molecule has 1 fully saturated rings. The SMILES string of the molecule is CC(C)[C@H](NC(=O)N[C@@H]1CCCC[C@@H]1CO)c1ccccn1. The molecule has 1 aliphatic rings. The summed E-state index contributed by atoms with van der Waals surface area (Å²) in [7, 11) is 0. The van der Waals surface area contributed by atoms with E-state index in [2.05, 4.69) is 29.5 Å². The number of nitrogens with zero attached hydrogens (tertiary/aromatic N) is 1. The fraction of sp³-hybridized carbons (Fsp3) is 0.647. The zero-order chi connectivity index (χ0) is 15.9. The van der Waals surface area contributed by atoms with Crippen LogP contribution in [0.25, 0.3) is 0 Å². The van der Waals surface area contributed by atoms with Crippen molar-refractivity contribution in [1.29, 1.82) is 0 Å². The quantitative estimate of drug-likeness (QED) is 0.783. The highest BCUT2D eigenvalue weighted by Crippen LogP contribution is 2.24. The van der Waals surface area contributed by atoms with Gasteiger partial charge in [0.05, 0.1) is 11.7 Å². The van der Waals surface area contributed by atoms with Gasteiger partial charge < -0.3 is 15.7 Å². The first-order valence-corrected chi connectivity index (χ1v) is 8.20. The molecule has 0 aromatic carbocycles. The van der Waals surface area contributed by atoms with E-state index >= 15 is 0 Å². The molecule has 1 heterocycles. The standard InChI is InChI=1S/C17H27N3O2/c1-12(2)16(15-9-5-6-10-18-15)20-17(22)19-14-8-4-3-7-13(14)11-21/h5-6,9-10,12-14,16,21H,3-4,7-8,11H2,1-2H3,(H2,19,20,22)/t13-,14-,16+/m1/s1. The van der Waals surface area contributed by atoms with E-state index in [-0.39, 0.29) is 36.6 Å². The van der Waals surface area contributed by atoms with Crippen molar-refractivity contribution >= 4 is 6.03 Å². The minimum Gasteiger partial charge on any atom is -0.396 e. The molecule has 3 N–H and O–H groups in total. The van der Waals surface area contributed by atoms with Crippen LogP contribution < -0.4 is 10.6 Å². The van der Waals surface area contributed by atoms with Crippen molar-refractivity contribution in [3.05, 3.63) is 30.1 Å². The summed E-state index contributed by atoms with van der Waals surface area (Å²) in [6, 6.07) is 5.51. The van der Waals surface area contributed by atoms with E-state index in [4.69, 9.17) is 0 Å². The van der Waals surface area contributed by atoms with E-state index in [1.54, 1.807) is 6.20 Å². The number of aromatic nitrogens is 1. The van der Waals surface area contributed by atoms with Gasteiger partial charge >= 0.3 is 6.03 Å². The highest BCUT2D eigenvalue weighted by molar-refractivity contribution is 5.74. The number of nitrogens with one attached hydrogen (secondary N) is 2. The molecular formula is C17H27N3O2. The Balaban J connectivity index is 1.96. The number of hydrogen-bond donors (Lipinski definition) is 3. The van der Waals surface area contributed by atoms with Crippen LogP contribution in [0.2, 0.25) is 0 Å². The Morgan fingerprint density at radius 3 is 2.77 bits per heavy atom. The van der Waals surface area contributed by atoms with Gasteiger partial charge in [-0.25, -0.2) is 4.79 Å². The molecule has 1 aromatic rings. The minimum absolute atomic E-state index is 0.0651. The van der Waals surface area contributed by atoms with Crippen molar-refractivity contribution in [2.24, 2.45) is 11.8 Å². The molecule has 3 atom stereocenters. The Hall–Kier alpha value is -1.62. The summed E-state index contributed by atoms with van der Waals surface area (Å²) >= 11 is 0. The van der Waals surface area contributed by atoms with Crippen LogP contribution >= 0.6 is 0 Å². The van der Waals surface area contributed by atoms with Gasteiger partial charge in [-0.1, -0.05) is 32.8 Å². The predicted molar refractivity (Wildman–Crippen MR) is 86.3 cm³/mol. The average Bonchev–Trinajstić information content (AvgIpc) is 2.53. The third-order valence-corrected chi connectivity index (χ3v) is 4.42. The number of pyridine rings is 1. The minimum atomic E-state index is -0.172. The van der Waals surface area contributed by atoms with Crippen molar-refractivity contribution in [3.63, 3.8) is 0 Å². The molecule has 1 aromatic heterocycles. The van der Waals surface area contributed by atoms with E-state index in [1.165, 1.54) is 0 Å². The Bertz CT molecular complexity index is 464. The molecule has 0 spiro atoms. The fourth-order valence-corrected chi connectivity index (χ4v) is 3.11. The first kappa shape index (κ1) is 16.7. The molecular weight excluding hydrogens is 278 g/mol. The van der Waals surface area contributed by atoms with Crippen molar-refractivity contribution in [2.45, 2.75) is 51.6 Å². The second-order valence-electron chi connectivity index (χ2n) is 6.43. The number of hydrogen-bond acceptors (Lipinski definition) is 3. The molecule has 0 unspecified atom stereocenters. The van der Waals surface area contributed by atoms with Gasteiger partial charge in [0.1, 0.15) is 0 Å². The lowest BCUT2D eigenvalue weighted by Gasteiger charge is -2.32. The molecule has 0 bridgehead atoms. The maximum absolute atomic E-state index is 12.3. The molecule has 1 aliphatic carbocycles. The van der Waals surface area contributed by atoms with E-state index in [9.17, 15) is 9.90 Å². The third kappa shape index (κ3) is 4.44. The summed E-state index contributed by atoms with van der Waals surface area (Å²) in [5.74, 6) is 0.424. The van der Waals surface area contributed by atoms with Crippen molar-refractivity contribution < 1.29 is 9.90 Å². The van der Waals surface area contributed by atoms with E-state index in [0.717, 1.165) is 31.4 Å². The van der Waals surface area contributed by atoms with Gasteiger partial charge in [0.25, 0.3) is 0 Å². The highest BCUT2D eigenvalue weighted by Gasteiger charge is 2.27. The normalized spacial score (nSPS) is 23.1. The van der Waals surface area contributed by atoms with Crippen LogP contribution in [-0.4, -0.2) is 28.8 Å².